The first-order valence-electron chi connectivity index (χ1n) is 7.31. The van der Waals surface area contributed by atoms with Gasteiger partial charge >= 0.3 is 0 Å². The molecular formula is C18H14Cl2IN. The van der Waals surface area contributed by atoms with Crippen molar-refractivity contribution in [3.63, 3.8) is 0 Å². The van der Waals surface area contributed by atoms with E-state index in [0.29, 0.717) is 16.9 Å². The molecule has 0 saturated heterocycles. The average molecular weight is 442 g/mol. The van der Waals surface area contributed by atoms with Crippen LogP contribution in [0.3, 0.4) is 0 Å². The van der Waals surface area contributed by atoms with Crippen LogP contribution in [0.15, 0.2) is 48.6 Å². The van der Waals surface area contributed by atoms with Crippen molar-refractivity contribution in [2.75, 3.05) is 5.32 Å². The fraction of sp³-hybridized carbons (Fsp3) is 0.222. The Morgan fingerprint density at radius 3 is 2.73 bits per heavy atom. The number of fused-ring (bicyclic) bond motifs is 3. The maximum atomic E-state index is 6.46. The Hall–Kier alpha value is -0.710. The molecule has 2 aromatic rings. The van der Waals surface area contributed by atoms with Gasteiger partial charge in [-0.15, -0.1) is 0 Å². The van der Waals surface area contributed by atoms with Gasteiger partial charge in [-0.1, -0.05) is 41.4 Å². The number of allylic oxidation sites excluding steroid dienone is 2. The Bertz CT molecular complexity index is 772. The van der Waals surface area contributed by atoms with Crippen LogP contribution in [0.2, 0.25) is 10.0 Å². The first kappa shape index (κ1) is 14.9. The molecule has 0 saturated carbocycles. The normalized spacial score (nSPS) is 25.5. The molecule has 0 spiro atoms. The number of hydrogen-bond donors (Lipinski definition) is 1. The second-order valence-corrected chi connectivity index (χ2v) is 7.96. The monoisotopic (exact) mass is 441 g/mol. The highest BCUT2D eigenvalue weighted by Crippen LogP contribution is 2.51. The minimum Gasteiger partial charge on any atom is -0.378 e. The summed E-state index contributed by atoms with van der Waals surface area (Å²) in [5, 5.41) is 5.12. The zero-order valence-corrected chi connectivity index (χ0v) is 15.4. The highest BCUT2D eigenvalue weighted by molar-refractivity contribution is 14.1. The van der Waals surface area contributed by atoms with Gasteiger partial charge in [0.05, 0.1) is 6.04 Å². The molecule has 1 nitrogen and oxygen atoms in total. The summed E-state index contributed by atoms with van der Waals surface area (Å²) in [5.74, 6) is 0.965. The van der Waals surface area contributed by atoms with Crippen molar-refractivity contribution in [1.82, 2.24) is 0 Å². The van der Waals surface area contributed by atoms with Crippen LogP contribution in [0.1, 0.15) is 29.5 Å². The Balaban J connectivity index is 1.81. The van der Waals surface area contributed by atoms with Gasteiger partial charge in [0.2, 0.25) is 0 Å². The third-order valence-corrected chi connectivity index (χ3v) is 5.86. The summed E-state index contributed by atoms with van der Waals surface area (Å²) >= 11 is 14.9. The van der Waals surface area contributed by atoms with Gasteiger partial charge in [0.25, 0.3) is 0 Å². The lowest BCUT2D eigenvalue weighted by atomic mass is 9.77. The maximum Gasteiger partial charge on any atom is 0.0568 e. The third kappa shape index (κ3) is 2.45. The summed E-state index contributed by atoms with van der Waals surface area (Å²) in [6, 6.07) is 12.6. The molecule has 1 N–H and O–H groups in total. The van der Waals surface area contributed by atoms with Crippen molar-refractivity contribution in [2.45, 2.75) is 18.4 Å². The summed E-state index contributed by atoms with van der Waals surface area (Å²) in [6.07, 6.45) is 5.71. The number of hydrogen-bond acceptors (Lipinski definition) is 1. The number of rotatable bonds is 1. The van der Waals surface area contributed by atoms with Crippen molar-refractivity contribution in [3.05, 3.63) is 73.3 Å². The molecule has 1 aliphatic heterocycles. The minimum atomic E-state index is 0.220. The van der Waals surface area contributed by atoms with E-state index < -0.39 is 0 Å². The van der Waals surface area contributed by atoms with E-state index >= 15 is 0 Å². The third-order valence-electron chi connectivity index (χ3n) is 4.62. The summed E-state index contributed by atoms with van der Waals surface area (Å²) in [4.78, 5) is 0. The van der Waals surface area contributed by atoms with E-state index in [-0.39, 0.29) is 6.04 Å². The van der Waals surface area contributed by atoms with Crippen molar-refractivity contribution >= 4 is 51.5 Å². The van der Waals surface area contributed by atoms with Crippen LogP contribution in [0, 0.1) is 9.49 Å². The Morgan fingerprint density at radius 1 is 1.05 bits per heavy atom. The lowest BCUT2D eigenvalue weighted by Gasteiger charge is -2.38. The quantitative estimate of drug-likeness (QED) is 0.397. The molecule has 1 aliphatic carbocycles. The van der Waals surface area contributed by atoms with E-state index in [1.54, 1.807) is 0 Å². The van der Waals surface area contributed by atoms with E-state index in [0.717, 1.165) is 17.0 Å². The molecule has 4 rings (SSSR count). The van der Waals surface area contributed by atoms with Gasteiger partial charge in [-0.3, -0.25) is 0 Å². The van der Waals surface area contributed by atoms with Crippen LogP contribution < -0.4 is 5.32 Å². The van der Waals surface area contributed by atoms with Crippen LogP contribution in [0.25, 0.3) is 0 Å². The van der Waals surface area contributed by atoms with Crippen molar-refractivity contribution in [3.8, 4) is 0 Å². The molecule has 0 amide bonds. The highest BCUT2D eigenvalue weighted by atomic mass is 127. The fourth-order valence-electron chi connectivity index (χ4n) is 3.63. The predicted octanol–water partition coefficient (Wildman–Crippen LogP) is 6.42. The SMILES string of the molecule is Clc1ccc(C2Nc3ccc(I)cc3C3C=CCC32)c(Cl)c1. The Morgan fingerprint density at radius 2 is 1.91 bits per heavy atom. The summed E-state index contributed by atoms with van der Waals surface area (Å²) in [6.45, 7) is 0. The van der Waals surface area contributed by atoms with Crippen molar-refractivity contribution in [2.24, 2.45) is 5.92 Å². The number of benzene rings is 2. The molecule has 1 heterocycles. The molecule has 3 atom stereocenters. The minimum absolute atomic E-state index is 0.220. The van der Waals surface area contributed by atoms with Gasteiger partial charge in [-0.25, -0.2) is 0 Å². The van der Waals surface area contributed by atoms with E-state index in [4.69, 9.17) is 23.2 Å². The predicted molar refractivity (Wildman–Crippen MR) is 102 cm³/mol. The first-order chi connectivity index (χ1) is 10.6. The highest BCUT2D eigenvalue weighted by Gasteiger charge is 2.38. The van der Waals surface area contributed by atoms with E-state index in [2.05, 4.69) is 64.3 Å². The van der Waals surface area contributed by atoms with Gasteiger partial charge in [0.1, 0.15) is 0 Å². The standard InChI is InChI=1S/C18H14Cl2IN/c19-10-4-6-14(16(20)8-10)18-13-3-1-2-12(13)15-9-11(21)5-7-17(15)22-18/h1-2,4-9,12-13,18,22H,3H2. The molecule has 0 radical (unpaired) electrons. The van der Waals surface area contributed by atoms with Crippen LogP contribution in [0.5, 0.6) is 0 Å². The molecule has 112 valence electrons. The molecule has 0 bridgehead atoms. The lowest BCUT2D eigenvalue weighted by molar-refractivity contribution is 0.425. The summed E-state index contributed by atoms with van der Waals surface area (Å²) in [5.41, 5.74) is 3.74. The van der Waals surface area contributed by atoms with Crippen LogP contribution in [-0.2, 0) is 0 Å². The Labute approximate surface area is 153 Å². The molecule has 2 aromatic carbocycles. The second-order valence-electron chi connectivity index (χ2n) is 5.87. The van der Waals surface area contributed by atoms with Gasteiger partial charge < -0.3 is 5.32 Å². The first-order valence-corrected chi connectivity index (χ1v) is 9.14. The number of halogens is 3. The molecule has 3 unspecified atom stereocenters. The molecule has 4 heteroatoms. The van der Waals surface area contributed by atoms with E-state index in [9.17, 15) is 0 Å². The molecule has 22 heavy (non-hydrogen) atoms. The molecule has 0 aromatic heterocycles. The molecule has 0 fully saturated rings. The van der Waals surface area contributed by atoms with E-state index in [1.165, 1.54) is 14.8 Å². The average Bonchev–Trinajstić information content (AvgIpc) is 2.97. The number of nitrogens with one attached hydrogen (secondary N) is 1. The zero-order valence-electron chi connectivity index (χ0n) is 11.7. The van der Waals surface area contributed by atoms with E-state index in [1.807, 2.05) is 12.1 Å². The summed E-state index contributed by atoms with van der Waals surface area (Å²) < 4.78 is 1.28. The van der Waals surface area contributed by atoms with Crippen LogP contribution in [0.4, 0.5) is 5.69 Å². The van der Waals surface area contributed by atoms with Crippen LogP contribution in [-0.4, -0.2) is 0 Å². The van der Waals surface area contributed by atoms with Gasteiger partial charge in [0, 0.05) is 25.2 Å². The van der Waals surface area contributed by atoms with Crippen LogP contribution >= 0.6 is 45.8 Å². The summed E-state index contributed by atoms with van der Waals surface area (Å²) in [7, 11) is 0. The largest absolute Gasteiger partial charge is 0.378 e. The topological polar surface area (TPSA) is 12.0 Å². The number of anilines is 1. The lowest BCUT2D eigenvalue weighted by Crippen LogP contribution is -2.29. The second kappa shape index (κ2) is 5.73. The van der Waals surface area contributed by atoms with Gasteiger partial charge in [0.15, 0.2) is 0 Å². The van der Waals surface area contributed by atoms with Crippen molar-refractivity contribution < 1.29 is 0 Å². The van der Waals surface area contributed by atoms with Crippen molar-refractivity contribution in [1.29, 1.82) is 0 Å². The Kier molecular flexibility index (Phi) is 3.87. The zero-order chi connectivity index (χ0) is 15.3. The van der Waals surface area contributed by atoms with Gasteiger partial charge in [-0.2, -0.15) is 0 Å². The molecular weight excluding hydrogens is 428 g/mol. The van der Waals surface area contributed by atoms with Gasteiger partial charge in [-0.05, 0) is 76.4 Å². The molecule has 2 aliphatic rings. The maximum absolute atomic E-state index is 6.46. The smallest absolute Gasteiger partial charge is 0.0568 e. The fourth-order valence-corrected chi connectivity index (χ4v) is 4.67.